The average Bonchev–Trinajstić information content (AvgIpc) is 3.89. The number of nitrogens with zero attached hydrogens (tertiary/aromatic N) is 4. The lowest BCUT2D eigenvalue weighted by atomic mass is 10.0. The summed E-state index contributed by atoms with van der Waals surface area (Å²) in [5, 5.41) is 18.5. The van der Waals surface area contributed by atoms with Crippen LogP contribution in [0.2, 0.25) is 0 Å². The van der Waals surface area contributed by atoms with Crippen molar-refractivity contribution in [3.8, 4) is 17.4 Å². The molecule has 0 unspecified atom stereocenters. The minimum absolute atomic E-state index is 0.0733. The van der Waals surface area contributed by atoms with Gasteiger partial charge in [-0.05, 0) is 68.0 Å². The van der Waals surface area contributed by atoms with Crippen LogP contribution in [0.1, 0.15) is 64.2 Å². The molecule has 12 nitrogen and oxygen atoms in total. The molecule has 2 saturated carbocycles. The third-order valence-electron chi connectivity index (χ3n) is 9.59. The van der Waals surface area contributed by atoms with E-state index in [9.17, 15) is 24.3 Å². The van der Waals surface area contributed by atoms with Crippen molar-refractivity contribution in [3.63, 3.8) is 0 Å². The maximum absolute atomic E-state index is 14.3. The number of pyridine rings is 1. The SMILES string of the molecule is O=C(CC1CC1)N[C@H]1CCCCC/C=C/[C@@H]2C[C@@]2(C(=O)O)NC(=O)[C@@H]2C[C@@H](Oc3nc(-c4ccccn4)nc4sccc34)CN2C1=O. The van der Waals surface area contributed by atoms with E-state index in [1.165, 1.54) is 16.2 Å². The number of carboxylic acids is 1. The Morgan fingerprint density at radius 1 is 1.13 bits per heavy atom. The van der Waals surface area contributed by atoms with Crippen LogP contribution in [-0.2, 0) is 19.2 Å². The number of nitrogens with one attached hydrogen (secondary N) is 2. The molecule has 47 heavy (non-hydrogen) atoms. The second kappa shape index (κ2) is 13.0. The number of fused-ring (bicyclic) bond motifs is 3. The summed E-state index contributed by atoms with van der Waals surface area (Å²) >= 11 is 1.44. The highest BCUT2D eigenvalue weighted by Gasteiger charge is 2.61. The molecule has 246 valence electrons. The van der Waals surface area contributed by atoms with E-state index >= 15 is 0 Å². The van der Waals surface area contributed by atoms with Crippen LogP contribution in [0.5, 0.6) is 5.88 Å². The predicted octanol–water partition coefficient (Wildman–Crippen LogP) is 3.87. The highest BCUT2D eigenvalue weighted by atomic mass is 32.1. The Kier molecular flexibility index (Phi) is 8.65. The fourth-order valence-corrected chi connectivity index (χ4v) is 7.42. The summed E-state index contributed by atoms with van der Waals surface area (Å²) in [6.45, 7) is 0.0733. The lowest BCUT2D eigenvalue weighted by Crippen LogP contribution is -2.56. The fourth-order valence-electron chi connectivity index (χ4n) is 6.67. The summed E-state index contributed by atoms with van der Waals surface area (Å²) in [5.41, 5.74) is -0.829. The molecule has 13 heteroatoms. The molecule has 2 aliphatic carbocycles. The second-order valence-corrected chi connectivity index (χ2v) is 14.0. The fraction of sp³-hybridized carbons (Fsp3) is 0.500. The third-order valence-corrected chi connectivity index (χ3v) is 10.4. The first-order valence-corrected chi connectivity index (χ1v) is 17.3. The van der Waals surface area contributed by atoms with Gasteiger partial charge in [-0.25, -0.2) is 9.78 Å². The van der Waals surface area contributed by atoms with Crippen molar-refractivity contribution < 1.29 is 29.0 Å². The Bertz CT molecular complexity index is 1710. The van der Waals surface area contributed by atoms with Crippen molar-refractivity contribution in [3.05, 3.63) is 48.0 Å². The molecule has 5 heterocycles. The number of aromatic nitrogens is 3. The van der Waals surface area contributed by atoms with Gasteiger partial charge in [-0.2, -0.15) is 4.98 Å². The molecule has 5 atom stereocenters. The number of carboxylic acid groups (broad SMARTS) is 1. The number of hydrogen-bond acceptors (Lipinski definition) is 9. The first-order chi connectivity index (χ1) is 22.8. The molecular weight excluding hydrogens is 620 g/mol. The van der Waals surface area contributed by atoms with Crippen LogP contribution in [0.4, 0.5) is 0 Å². The van der Waals surface area contributed by atoms with Gasteiger partial charge < -0.3 is 25.4 Å². The van der Waals surface area contributed by atoms with Crippen LogP contribution >= 0.6 is 11.3 Å². The first kappa shape index (κ1) is 31.2. The number of hydrogen-bond donors (Lipinski definition) is 3. The standard InChI is InChI=1S/C34H38N6O6S/c41-27(16-20-11-12-20)36-25-10-5-3-1-2-4-8-21-18-34(21,33(44)45)39-29(42)26-17-22(19-40(26)32(25)43)46-30-23-13-15-47-31(23)38-28(37-30)24-9-6-7-14-35-24/h4,6-9,13-15,20-22,25-26H,1-3,5,10-12,16-19H2,(H,36,41)(H,39,42)(H,44,45)/b8-4+/t21-,22-,25+,26+,34-/m1/s1. The molecule has 3 aromatic rings. The quantitative estimate of drug-likeness (QED) is 0.320. The van der Waals surface area contributed by atoms with E-state index < -0.39 is 35.6 Å². The summed E-state index contributed by atoms with van der Waals surface area (Å²) in [4.78, 5) is 69.5. The molecule has 0 radical (unpaired) electrons. The van der Waals surface area contributed by atoms with Gasteiger partial charge in [-0.3, -0.25) is 19.4 Å². The zero-order chi connectivity index (χ0) is 32.5. The van der Waals surface area contributed by atoms with Crippen LogP contribution in [0.25, 0.3) is 21.7 Å². The first-order valence-electron chi connectivity index (χ1n) is 16.5. The number of allylic oxidation sites excluding steroid dienone is 1. The van der Waals surface area contributed by atoms with Gasteiger partial charge in [0.25, 0.3) is 0 Å². The summed E-state index contributed by atoms with van der Waals surface area (Å²) in [5.74, 6) is -1.40. The summed E-state index contributed by atoms with van der Waals surface area (Å²) in [6, 6.07) is 5.55. The minimum Gasteiger partial charge on any atom is -0.479 e. The van der Waals surface area contributed by atoms with Crippen molar-refractivity contribution in [2.45, 2.75) is 87.9 Å². The van der Waals surface area contributed by atoms with Crippen molar-refractivity contribution in [2.75, 3.05) is 6.54 Å². The van der Waals surface area contributed by atoms with E-state index in [1.54, 1.807) is 6.20 Å². The molecule has 3 amide bonds. The van der Waals surface area contributed by atoms with E-state index in [-0.39, 0.29) is 30.7 Å². The van der Waals surface area contributed by atoms with E-state index in [0.717, 1.165) is 38.5 Å². The predicted molar refractivity (Wildman–Crippen MR) is 173 cm³/mol. The molecule has 7 rings (SSSR count). The van der Waals surface area contributed by atoms with E-state index in [4.69, 9.17) is 4.74 Å². The van der Waals surface area contributed by atoms with Crippen LogP contribution in [-0.4, -0.2) is 78.9 Å². The molecule has 0 aromatic carbocycles. The lowest BCUT2D eigenvalue weighted by molar-refractivity contribution is -0.146. The molecule has 2 aliphatic heterocycles. The minimum atomic E-state index is -1.41. The largest absolute Gasteiger partial charge is 0.479 e. The van der Waals surface area contributed by atoms with Gasteiger partial charge in [0.2, 0.25) is 23.6 Å². The molecule has 4 aliphatic rings. The monoisotopic (exact) mass is 658 g/mol. The van der Waals surface area contributed by atoms with Gasteiger partial charge >= 0.3 is 5.97 Å². The van der Waals surface area contributed by atoms with Gasteiger partial charge in [0.1, 0.15) is 34.3 Å². The molecule has 3 fully saturated rings. The molecule has 3 N–H and O–H groups in total. The number of carbonyl (C=O) groups excluding carboxylic acids is 3. The number of aliphatic carboxylic acids is 1. The summed E-state index contributed by atoms with van der Waals surface area (Å²) < 4.78 is 6.47. The van der Waals surface area contributed by atoms with Gasteiger partial charge in [0.15, 0.2) is 5.82 Å². The average molecular weight is 659 g/mol. The maximum Gasteiger partial charge on any atom is 0.330 e. The van der Waals surface area contributed by atoms with E-state index in [0.29, 0.717) is 52.8 Å². The highest BCUT2D eigenvalue weighted by molar-refractivity contribution is 7.16. The van der Waals surface area contributed by atoms with Crippen LogP contribution in [0.15, 0.2) is 48.0 Å². The molecule has 0 spiro atoms. The van der Waals surface area contributed by atoms with Crippen LogP contribution in [0, 0.1) is 11.8 Å². The van der Waals surface area contributed by atoms with Crippen molar-refractivity contribution in [1.29, 1.82) is 0 Å². The van der Waals surface area contributed by atoms with Crippen LogP contribution in [0.3, 0.4) is 0 Å². The van der Waals surface area contributed by atoms with E-state index in [2.05, 4.69) is 25.6 Å². The summed E-state index contributed by atoms with van der Waals surface area (Å²) in [7, 11) is 0. The number of ether oxygens (including phenoxy) is 1. The van der Waals surface area contributed by atoms with Crippen molar-refractivity contribution >= 4 is 45.2 Å². The highest BCUT2D eigenvalue weighted by Crippen LogP contribution is 2.45. The van der Waals surface area contributed by atoms with Gasteiger partial charge in [-0.15, -0.1) is 11.3 Å². The van der Waals surface area contributed by atoms with Crippen molar-refractivity contribution in [1.82, 2.24) is 30.5 Å². The molecular formula is C34H38N6O6S. The number of thiophene rings is 1. The lowest BCUT2D eigenvalue weighted by Gasteiger charge is -2.29. The third kappa shape index (κ3) is 6.71. The molecule has 0 bridgehead atoms. The normalized spacial score (nSPS) is 28.7. The number of rotatable bonds is 7. The number of carbonyl (C=O) groups is 4. The Labute approximate surface area is 276 Å². The van der Waals surface area contributed by atoms with Gasteiger partial charge in [-0.1, -0.05) is 31.1 Å². The van der Waals surface area contributed by atoms with E-state index in [1.807, 2.05) is 41.8 Å². The smallest absolute Gasteiger partial charge is 0.330 e. The molecule has 3 aromatic heterocycles. The summed E-state index contributed by atoms with van der Waals surface area (Å²) in [6.07, 6.45) is 11.4. The van der Waals surface area contributed by atoms with Crippen LogP contribution < -0.4 is 15.4 Å². The Morgan fingerprint density at radius 2 is 2.00 bits per heavy atom. The molecule has 1 saturated heterocycles. The Balaban J connectivity index is 1.18. The zero-order valence-electron chi connectivity index (χ0n) is 26.0. The van der Waals surface area contributed by atoms with Gasteiger partial charge in [0, 0.05) is 25.0 Å². The Hall–Kier alpha value is -4.39. The van der Waals surface area contributed by atoms with Crippen molar-refractivity contribution in [2.24, 2.45) is 11.8 Å². The zero-order valence-corrected chi connectivity index (χ0v) is 26.8. The maximum atomic E-state index is 14.3. The topological polar surface area (TPSA) is 164 Å². The Morgan fingerprint density at radius 3 is 2.79 bits per heavy atom. The number of amides is 3. The second-order valence-electron chi connectivity index (χ2n) is 13.1. The van der Waals surface area contributed by atoms with Gasteiger partial charge in [0.05, 0.1) is 11.9 Å².